The number of aliphatic carboxylic acids is 2. The van der Waals surface area contributed by atoms with Crippen molar-refractivity contribution >= 4 is 27.9 Å². The predicted octanol–water partition coefficient (Wildman–Crippen LogP) is 0.815. The average Bonchev–Trinajstić information content (AvgIpc) is 2.14. The van der Waals surface area contributed by atoms with Gasteiger partial charge < -0.3 is 10.2 Å². The molecule has 0 saturated carbocycles. The van der Waals surface area contributed by atoms with Gasteiger partial charge in [-0.3, -0.25) is 19.5 Å². The zero-order valence-corrected chi connectivity index (χ0v) is 10.4. The molecule has 0 amide bonds. The lowest BCUT2D eigenvalue weighted by Gasteiger charge is -2.17. The summed E-state index contributed by atoms with van der Waals surface area (Å²) in [6, 6.07) is 1.77. The first-order valence-electron chi connectivity index (χ1n) is 4.72. The maximum atomic E-state index is 10.6. The smallest absolute Gasteiger partial charge is 0.317 e. The van der Waals surface area contributed by atoms with Gasteiger partial charge in [-0.2, -0.15) is 0 Å². The fraction of sp³-hybridized carbons (Fsp3) is 0.300. The van der Waals surface area contributed by atoms with E-state index in [2.05, 4.69) is 20.9 Å². The highest BCUT2D eigenvalue weighted by molar-refractivity contribution is 9.10. The van der Waals surface area contributed by atoms with Crippen LogP contribution >= 0.6 is 15.9 Å². The Morgan fingerprint density at radius 1 is 1.24 bits per heavy atom. The lowest BCUT2D eigenvalue weighted by Crippen LogP contribution is -2.33. The average molecular weight is 303 g/mol. The van der Waals surface area contributed by atoms with Gasteiger partial charge in [-0.15, -0.1) is 0 Å². The van der Waals surface area contributed by atoms with Crippen LogP contribution in [0.5, 0.6) is 0 Å². The summed E-state index contributed by atoms with van der Waals surface area (Å²) in [7, 11) is 0. The molecule has 1 heterocycles. The van der Waals surface area contributed by atoms with Gasteiger partial charge in [0.25, 0.3) is 0 Å². The van der Waals surface area contributed by atoms with E-state index in [9.17, 15) is 9.59 Å². The van der Waals surface area contributed by atoms with Crippen molar-refractivity contribution in [3.8, 4) is 0 Å². The lowest BCUT2D eigenvalue weighted by molar-refractivity contribution is -0.142. The van der Waals surface area contributed by atoms with Gasteiger partial charge in [-0.1, -0.05) is 0 Å². The number of aromatic nitrogens is 1. The SMILES string of the molecule is O=C(O)CN(CC(=O)O)Cc1cncc(Br)c1. The molecule has 2 N–H and O–H groups in total. The summed E-state index contributed by atoms with van der Waals surface area (Å²) in [6.45, 7) is -0.414. The van der Waals surface area contributed by atoms with Gasteiger partial charge in [0.15, 0.2) is 0 Å². The first-order valence-corrected chi connectivity index (χ1v) is 5.52. The Hall–Kier alpha value is -1.47. The Bertz CT molecular complexity index is 409. The molecule has 7 heteroatoms. The Balaban J connectivity index is 2.71. The third-order valence-electron chi connectivity index (χ3n) is 1.89. The minimum atomic E-state index is -1.06. The number of carboxylic acid groups (broad SMARTS) is 2. The largest absolute Gasteiger partial charge is 0.480 e. The second-order valence-corrected chi connectivity index (χ2v) is 4.36. The standard InChI is InChI=1S/C10H11BrN2O4/c11-8-1-7(2-12-3-8)4-13(5-9(14)15)6-10(16)17/h1-3H,4-6H2,(H,14,15)(H,16,17). The molecule has 1 aromatic rings. The molecule has 0 aromatic carbocycles. The van der Waals surface area contributed by atoms with Gasteiger partial charge in [0.1, 0.15) is 0 Å². The molecule has 1 rings (SSSR count). The van der Waals surface area contributed by atoms with Crippen molar-refractivity contribution in [1.29, 1.82) is 0 Å². The molecule has 0 saturated heterocycles. The van der Waals surface area contributed by atoms with E-state index in [-0.39, 0.29) is 19.6 Å². The monoisotopic (exact) mass is 302 g/mol. The van der Waals surface area contributed by atoms with Crippen molar-refractivity contribution in [3.05, 3.63) is 28.5 Å². The molecule has 0 atom stereocenters. The summed E-state index contributed by atoms with van der Waals surface area (Å²) in [4.78, 5) is 26.4. The quantitative estimate of drug-likeness (QED) is 0.808. The minimum absolute atomic E-state index is 0.227. The Kier molecular flexibility index (Phi) is 5.05. The second-order valence-electron chi connectivity index (χ2n) is 3.44. The third kappa shape index (κ3) is 5.41. The van der Waals surface area contributed by atoms with Crippen molar-refractivity contribution < 1.29 is 19.8 Å². The number of halogens is 1. The number of pyridine rings is 1. The number of rotatable bonds is 6. The normalized spacial score (nSPS) is 10.5. The van der Waals surface area contributed by atoms with E-state index >= 15 is 0 Å². The van der Waals surface area contributed by atoms with Gasteiger partial charge in [0.2, 0.25) is 0 Å². The van der Waals surface area contributed by atoms with Crippen LogP contribution in [-0.4, -0.2) is 45.1 Å². The highest BCUT2D eigenvalue weighted by Gasteiger charge is 2.14. The maximum absolute atomic E-state index is 10.6. The molecule has 0 fully saturated rings. The van der Waals surface area contributed by atoms with E-state index in [1.54, 1.807) is 18.5 Å². The summed E-state index contributed by atoms with van der Waals surface area (Å²) in [5.74, 6) is -2.12. The van der Waals surface area contributed by atoms with E-state index in [0.717, 1.165) is 10.0 Å². The first kappa shape index (κ1) is 13.6. The second kappa shape index (κ2) is 6.31. The predicted molar refractivity (Wildman–Crippen MR) is 62.5 cm³/mol. The van der Waals surface area contributed by atoms with Crippen LogP contribution in [0.25, 0.3) is 0 Å². The number of carboxylic acids is 2. The molecule has 0 unspecified atom stereocenters. The molecule has 0 aliphatic rings. The van der Waals surface area contributed by atoms with Gasteiger partial charge in [-0.25, -0.2) is 0 Å². The van der Waals surface area contributed by atoms with Crippen molar-refractivity contribution in [2.45, 2.75) is 6.54 Å². The zero-order valence-electron chi connectivity index (χ0n) is 8.84. The topological polar surface area (TPSA) is 90.7 Å². The summed E-state index contributed by atoms with van der Waals surface area (Å²) in [5, 5.41) is 17.3. The first-order chi connectivity index (χ1) is 7.97. The highest BCUT2D eigenvalue weighted by Crippen LogP contribution is 2.11. The van der Waals surface area contributed by atoms with E-state index in [1.807, 2.05) is 0 Å². The van der Waals surface area contributed by atoms with Gasteiger partial charge >= 0.3 is 11.9 Å². The summed E-state index contributed by atoms with van der Waals surface area (Å²) < 4.78 is 0.764. The molecule has 92 valence electrons. The Morgan fingerprint density at radius 3 is 2.29 bits per heavy atom. The van der Waals surface area contributed by atoms with Crippen LogP contribution in [0.1, 0.15) is 5.56 Å². The zero-order chi connectivity index (χ0) is 12.8. The van der Waals surface area contributed by atoms with Crippen molar-refractivity contribution in [2.75, 3.05) is 13.1 Å². The molecular weight excluding hydrogens is 292 g/mol. The maximum Gasteiger partial charge on any atom is 0.317 e. The summed E-state index contributed by atoms with van der Waals surface area (Å²) >= 11 is 3.24. The van der Waals surface area contributed by atoms with Crippen LogP contribution in [0, 0.1) is 0 Å². The van der Waals surface area contributed by atoms with Gasteiger partial charge in [0, 0.05) is 23.4 Å². The Labute approximate surface area is 106 Å². The fourth-order valence-electron chi connectivity index (χ4n) is 1.35. The van der Waals surface area contributed by atoms with Crippen LogP contribution in [0.4, 0.5) is 0 Å². The van der Waals surface area contributed by atoms with E-state index < -0.39 is 11.9 Å². The minimum Gasteiger partial charge on any atom is -0.480 e. The summed E-state index contributed by atoms with van der Waals surface area (Å²) in [5.41, 5.74) is 0.752. The number of hydrogen-bond donors (Lipinski definition) is 2. The fourth-order valence-corrected chi connectivity index (χ4v) is 1.76. The molecule has 0 radical (unpaired) electrons. The van der Waals surface area contributed by atoms with Gasteiger partial charge in [-0.05, 0) is 27.6 Å². The van der Waals surface area contributed by atoms with E-state index in [0.29, 0.717) is 0 Å². The van der Waals surface area contributed by atoms with Crippen LogP contribution in [0.3, 0.4) is 0 Å². The van der Waals surface area contributed by atoms with Crippen LogP contribution in [-0.2, 0) is 16.1 Å². The summed E-state index contributed by atoms with van der Waals surface area (Å²) in [6.07, 6.45) is 3.17. The highest BCUT2D eigenvalue weighted by atomic mass is 79.9. The molecule has 0 bridgehead atoms. The molecule has 17 heavy (non-hydrogen) atoms. The number of nitrogens with zero attached hydrogens (tertiary/aromatic N) is 2. The molecule has 0 aliphatic carbocycles. The third-order valence-corrected chi connectivity index (χ3v) is 2.32. The lowest BCUT2D eigenvalue weighted by atomic mass is 10.2. The van der Waals surface area contributed by atoms with Gasteiger partial charge in [0.05, 0.1) is 13.1 Å². The van der Waals surface area contributed by atoms with Crippen molar-refractivity contribution in [3.63, 3.8) is 0 Å². The number of carbonyl (C=O) groups is 2. The van der Waals surface area contributed by atoms with Crippen molar-refractivity contribution in [2.24, 2.45) is 0 Å². The van der Waals surface area contributed by atoms with E-state index in [4.69, 9.17) is 10.2 Å². The van der Waals surface area contributed by atoms with Crippen LogP contribution in [0.15, 0.2) is 22.9 Å². The Morgan fingerprint density at radius 2 is 1.82 bits per heavy atom. The molecule has 1 aromatic heterocycles. The molecule has 0 spiro atoms. The molecular formula is C10H11BrN2O4. The molecule has 6 nitrogen and oxygen atoms in total. The van der Waals surface area contributed by atoms with E-state index in [1.165, 1.54) is 4.90 Å². The number of hydrogen-bond acceptors (Lipinski definition) is 4. The molecule has 0 aliphatic heterocycles. The van der Waals surface area contributed by atoms with Crippen LogP contribution in [0.2, 0.25) is 0 Å². The van der Waals surface area contributed by atoms with Crippen molar-refractivity contribution in [1.82, 2.24) is 9.88 Å². The van der Waals surface area contributed by atoms with Crippen LogP contribution < -0.4 is 0 Å².